The summed E-state index contributed by atoms with van der Waals surface area (Å²) in [5.74, 6) is -0.464. The first-order valence-corrected chi connectivity index (χ1v) is 11.2. The van der Waals surface area contributed by atoms with Crippen molar-refractivity contribution in [2.75, 3.05) is 31.0 Å². The van der Waals surface area contributed by atoms with E-state index in [1.807, 2.05) is 6.07 Å². The van der Waals surface area contributed by atoms with Crippen molar-refractivity contribution >= 4 is 21.6 Å². The first-order valence-electron chi connectivity index (χ1n) is 9.72. The molecule has 1 fully saturated rings. The molecule has 1 aromatic heterocycles. The molecule has 0 atom stereocenters. The smallest absolute Gasteiger partial charge is 0.316 e. The molecule has 1 saturated heterocycles. The molecule has 10 nitrogen and oxygen atoms in total. The standard InChI is InChI=1S/C21H19N5O5S/c1-14-5-6-16(19-23-20(31-24-19)21(27)26-7-9-30-10-8-26)12-18(14)32(28,29)25-17-4-2-3-15(11-17)13-22/h2-6,11-12,25H,7-10H2,1H3. The predicted molar refractivity (Wildman–Crippen MR) is 113 cm³/mol. The number of morpholine rings is 1. The summed E-state index contributed by atoms with van der Waals surface area (Å²) >= 11 is 0. The molecule has 0 bridgehead atoms. The number of rotatable bonds is 5. The Kier molecular flexibility index (Phi) is 5.89. The van der Waals surface area contributed by atoms with E-state index in [0.29, 0.717) is 43.0 Å². The molecule has 0 radical (unpaired) electrons. The van der Waals surface area contributed by atoms with Crippen LogP contribution in [0.5, 0.6) is 0 Å². The first kappa shape index (κ1) is 21.5. The zero-order valence-electron chi connectivity index (χ0n) is 17.1. The van der Waals surface area contributed by atoms with Crippen LogP contribution in [0.15, 0.2) is 51.9 Å². The average Bonchev–Trinajstić information content (AvgIpc) is 3.29. The maximum atomic E-state index is 13.0. The van der Waals surface area contributed by atoms with Crippen molar-refractivity contribution < 1.29 is 22.5 Å². The number of hydrogen-bond donors (Lipinski definition) is 1. The van der Waals surface area contributed by atoms with Crippen molar-refractivity contribution in [1.29, 1.82) is 5.26 Å². The summed E-state index contributed by atoms with van der Waals surface area (Å²) in [5, 5.41) is 12.9. The van der Waals surface area contributed by atoms with Crippen LogP contribution in [0.3, 0.4) is 0 Å². The van der Waals surface area contributed by atoms with Gasteiger partial charge in [-0.3, -0.25) is 9.52 Å². The van der Waals surface area contributed by atoms with Crippen LogP contribution < -0.4 is 4.72 Å². The van der Waals surface area contributed by atoms with Gasteiger partial charge in [-0.2, -0.15) is 10.2 Å². The van der Waals surface area contributed by atoms with Crippen molar-refractivity contribution in [3.63, 3.8) is 0 Å². The number of hydrogen-bond acceptors (Lipinski definition) is 8. The minimum absolute atomic E-state index is 0.0169. The number of aryl methyl sites for hydroxylation is 1. The molecule has 3 aromatic rings. The van der Waals surface area contributed by atoms with E-state index in [4.69, 9.17) is 14.5 Å². The number of aromatic nitrogens is 2. The van der Waals surface area contributed by atoms with Gasteiger partial charge in [-0.15, -0.1) is 0 Å². The number of nitrogens with zero attached hydrogens (tertiary/aromatic N) is 4. The topological polar surface area (TPSA) is 138 Å². The van der Waals surface area contributed by atoms with Gasteiger partial charge in [0.15, 0.2) is 0 Å². The lowest BCUT2D eigenvalue weighted by molar-refractivity contribution is 0.0272. The Morgan fingerprint density at radius 1 is 1.19 bits per heavy atom. The number of amides is 1. The summed E-state index contributed by atoms with van der Waals surface area (Å²) in [7, 11) is -3.96. The highest BCUT2D eigenvalue weighted by molar-refractivity contribution is 7.92. The number of carbonyl (C=O) groups is 1. The van der Waals surface area contributed by atoms with E-state index in [0.717, 1.165) is 0 Å². The molecule has 11 heteroatoms. The lowest BCUT2D eigenvalue weighted by atomic mass is 10.1. The van der Waals surface area contributed by atoms with E-state index in [9.17, 15) is 13.2 Å². The van der Waals surface area contributed by atoms with E-state index in [-0.39, 0.29) is 22.3 Å². The van der Waals surface area contributed by atoms with Crippen molar-refractivity contribution in [2.24, 2.45) is 0 Å². The highest BCUT2D eigenvalue weighted by atomic mass is 32.2. The van der Waals surface area contributed by atoms with Crippen molar-refractivity contribution in [3.05, 3.63) is 59.5 Å². The SMILES string of the molecule is Cc1ccc(-c2noc(C(=O)N3CCOCC3)n2)cc1S(=O)(=O)Nc1cccc(C#N)c1. The lowest BCUT2D eigenvalue weighted by Crippen LogP contribution is -2.40. The number of benzene rings is 2. The summed E-state index contributed by atoms with van der Waals surface area (Å²) in [6.07, 6.45) is 0. The Morgan fingerprint density at radius 2 is 1.97 bits per heavy atom. The summed E-state index contributed by atoms with van der Waals surface area (Å²) < 4.78 is 38.8. The van der Waals surface area contributed by atoms with E-state index in [2.05, 4.69) is 14.9 Å². The quantitative estimate of drug-likeness (QED) is 0.620. The Balaban J connectivity index is 1.61. The van der Waals surface area contributed by atoms with Gasteiger partial charge in [0.1, 0.15) is 0 Å². The normalized spacial score (nSPS) is 14.1. The van der Waals surface area contributed by atoms with Gasteiger partial charge >= 0.3 is 11.8 Å². The fourth-order valence-electron chi connectivity index (χ4n) is 3.22. The second-order valence-electron chi connectivity index (χ2n) is 7.11. The molecule has 0 aliphatic carbocycles. The highest BCUT2D eigenvalue weighted by Crippen LogP contribution is 2.25. The highest BCUT2D eigenvalue weighted by Gasteiger charge is 2.25. The molecule has 1 N–H and O–H groups in total. The van der Waals surface area contributed by atoms with Crippen molar-refractivity contribution in [3.8, 4) is 17.5 Å². The fraction of sp³-hybridized carbons (Fsp3) is 0.238. The van der Waals surface area contributed by atoms with E-state index < -0.39 is 15.9 Å². The zero-order chi connectivity index (χ0) is 22.7. The van der Waals surface area contributed by atoms with Gasteiger partial charge in [0.05, 0.1) is 35.4 Å². The fourth-order valence-corrected chi connectivity index (χ4v) is 4.54. The van der Waals surface area contributed by atoms with Gasteiger partial charge in [-0.25, -0.2) is 8.42 Å². The Morgan fingerprint density at radius 3 is 2.72 bits per heavy atom. The van der Waals surface area contributed by atoms with Gasteiger partial charge in [-0.05, 0) is 36.8 Å². The van der Waals surface area contributed by atoms with Crippen LogP contribution in [0, 0.1) is 18.3 Å². The summed E-state index contributed by atoms with van der Waals surface area (Å²) in [6.45, 7) is 3.41. The molecule has 1 aliphatic heterocycles. The first-order chi connectivity index (χ1) is 15.4. The molecule has 0 unspecified atom stereocenters. The number of nitrogens with one attached hydrogen (secondary N) is 1. The maximum Gasteiger partial charge on any atom is 0.316 e. The molecule has 1 amide bonds. The molecule has 32 heavy (non-hydrogen) atoms. The molecule has 4 rings (SSSR count). The van der Waals surface area contributed by atoms with E-state index in [1.54, 1.807) is 42.2 Å². The van der Waals surface area contributed by atoms with E-state index in [1.165, 1.54) is 12.1 Å². The van der Waals surface area contributed by atoms with Crippen LogP contribution in [0.2, 0.25) is 0 Å². The van der Waals surface area contributed by atoms with Gasteiger partial charge in [0, 0.05) is 18.7 Å². The van der Waals surface area contributed by atoms with Gasteiger partial charge in [0.2, 0.25) is 5.82 Å². The Labute approximate surface area is 184 Å². The van der Waals surface area contributed by atoms with Gasteiger partial charge in [-0.1, -0.05) is 23.4 Å². The molecule has 0 saturated carbocycles. The second-order valence-corrected chi connectivity index (χ2v) is 8.76. The second kappa shape index (κ2) is 8.78. The number of carbonyl (C=O) groups excluding carboxylic acids is 1. The number of ether oxygens (including phenoxy) is 1. The molecule has 164 valence electrons. The molecule has 2 aromatic carbocycles. The monoisotopic (exact) mass is 453 g/mol. The molecule has 0 spiro atoms. The predicted octanol–water partition coefficient (Wildman–Crippen LogP) is 2.19. The van der Waals surface area contributed by atoms with Crippen molar-refractivity contribution in [2.45, 2.75) is 11.8 Å². The third-order valence-corrected chi connectivity index (χ3v) is 6.41. The summed E-state index contributed by atoms with van der Waals surface area (Å²) in [5.41, 5.74) is 1.49. The van der Waals surface area contributed by atoms with Crippen LogP contribution in [-0.4, -0.2) is 55.7 Å². The number of nitriles is 1. The van der Waals surface area contributed by atoms with Crippen molar-refractivity contribution in [1.82, 2.24) is 15.0 Å². The van der Waals surface area contributed by atoms with Crippen LogP contribution in [0.4, 0.5) is 5.69 Å². The molecular weight excluding hydrogens is 434 g/mol. The van der Waals surface area contributed by atoms with Crippen LogP contribution >= 0.6 is 0 Å². The summed E-state index contributed by atoms with van der Waals surface area (Å²) in [6, 6.07) is 12.8. The van der Waals surface area contributed by atoms with Crippen LogP contribution in [-0.2, 0) is 14.8 Å². The molecule has 2 heterocycles. The third-order valence-electron chi connectivity index (χ3n) is 4.89. The molecular formula is C21H19N5O5S. The third kappa shape index (κ3) is 4.46. The Bertz CT molecular complexity index is 1310. The lowest BCUT2D eigenvalue weighted by Gasteiger charge is -2.25. The van der Waals surface area contributed by atoms with Gasteiger partial charge in [0.25, 0.3) is 10.0 Å². The van der Waals surface area contributed by atoms with E-state index >= 15 is 0 Å². The number of sulfonamides is 1. The minimum Gasteiger partial charge on any atom is -0.378 e. The van der Waals surface area contributed by atoms with Crippen LogP contribution in [0.25, 0.3) is 11.4 Å². The zero-order valence-corrected chi connectivity index (χ0v) is 17.9. The summed E-state index contributed by atoms with van der Waals surface area (Å²) in [4.78, 5) is 18.3. The maximum absolute atomic E-state index is 13.0. The van der Waals surface area contributed by atoms with Gasteiger partial charge < -0.3 is 14.2 Å². The average molecular weight is 453 g/mol. The largest absolute Gasteiger partial charge is 0.378 e. The van der Waals surface area contributed by atoms with Crippen LogP contribution in [0.1, 0.15) is 21.8 Å². The minimum atomic E-state index is -3.96. The molecule has 1 aliphatic rings. The Hall–Kier alpha value is -3.75. The number of anilines is 1.